The van der Waals surface area contributed by atoms with Gasteiger partial charge in [-0.05, 0) is 80.6 Å². The fourth-order valence-corrected chi connectivity index (χ4v) is 5.79. The Morgan fingerprint density at radius 2 is 1.60 bits per heavy atom. The van der Waals surface area contributed by atoms with Crippen LogP contribution < -0.4 is 16.4 Å². The normalized spacial score (nSPS) is 32.2. The van der Waals surface area contributed by atoms with Gasteiger partial charge in [-0.3, -0.25) is 9.59 Å². The summed E-state index contributed by atoms with van der Waals surface area (Å²) in [5, 5.41) is 6.07. The van der Waals surface area contributed by atoms with Gasteiger partial charge in [-0.15, -0.1) is 0 Å². The molecule has 4 N–H and O–H groups in total. The Morgan fingerprint density at radius 1 is 1.04 bits per heavy atom. The molecular weight excluding hydrogens is 334 g/mol. The number of carbonyl (C=O) groups excluding carboxylic acids is 2. The highest BCUT2D eigenvalue weighted by Gasteiger charge is 2.54. The summed E-state index contributed by atoms with van der Waals surface area (Å²) in [5.41, 5.74) is 6.01. The van der Waals surface area contributed by atoms with Crippen molar-refractivity contribution < 1.29 is 9.59 Å². The van der Waals surface area contributed by atoms with Crippen LogP contribution in [0.3, 0.4) is 0 Å². The molecule has 0 aliphatic heterocycles. The Hall–Kier alpha value is -1.95. The minimum Gasteiger partial charge on any atom is -0.366 e. The summed E-state index contributed by atoms with van der Waals surface area (Å²) < 4.78 is 0. The number of carbonyl (C=O) groups is 2. The summed E-state index contributed by atoms with van der Waals surface area (Å²) >= 11 is 5.32. The summed E-state index contributed by atoms with van der Waals surface area (Å²) in [6.45, 7) is 0. The maximum Gasteiger partial charge on any atom is 0.250 e. The van der Waals surface area contributed by atoms with Crippen LogP contribution in [0.4, 0.5) is 5.69 Å². The molecule has 25 heavy (non-hydrogen) atoms. The molecule has 0 radical (unpaired) electrons. The number of primary amides is 1. The number of amides is 2. The number of anilines is 1. The molecule has 0 aromatic heterocycles. The lowest BCUT2D eigenvalue weighted by Crippen LogP contribution is -2.55. The molecule has 4 aliphatic rings. The molecule has 1 aromatic rings. The third kappa shape index (κ3) is 3.03. The molecule has 5 rings (SSSR count). The number of rotatable bonds is 3. The first-order valence-corrected chi connectivity index (χ1v) is 9.37. The second-order valence-corrected chi connectivity index (χ2v) is 8.42. The molecule has 2 amide bonds. The van der Waals surface area contributed by atoms with Crippen molar-refractivity contribution in [3.05, 3.63) is 29.8 Å². The smallest absolute Gasteiger partial charge is 0.250 e. The summed E-state index contributed by atoms with van der Waals surface area (Å²) in [4.78, 5) is 24.5. The highest BCUT2D eigenvalue weighted by atomic mass is 32.1. The van der Waals surface area contributed by atoms with Gasteiger partial charge in [-0.25, -0.2) is 0 Å². The Balaban J connectivity index is 1.45. The van der Waals surface area contributed by atoms with Gasteiger partial charge in [0.2, 0.25) is 5.91 Å². The first kappa shape index (κ1) is 16.5. The average Bonchev–Trinajstić information content (AvgIpc) is 2.53. The van der Waals surface area contributed by atoms with Crippen LogP contribution in [0, 0.1) is 23.2 Å². The van der Waals surface area contributed by atoms with Crippen molar-refractivity contribution >= 4 is 34.8 Å². The summed E-state index contributed by atoms with van der Waals surface area (Å²) in [7, 11) is 0. The van der Waals surface area contributed by atoms with Gasteiger partial charge >= 0.3 is 0 Å². The number of hydrogen-bond donors (Lipinski definition) is 3. The molecule has 0 saturated heterocycles. The van der Waals surface area contributed by atoms with E-state index >= 15 is 0 Å². The van der Waals surface area contributed by atoms with Crippen LogP contribution in [-0.2, 0) is 4.79 Å². The van der Waals surface area contributed by atoms with Gasteiger partial charge in [0.25, 0.3) is 5.91 Å². The summed E-state index contributed by atoms with van der Waals surface area (Å²) in [5.74, 6) is 1.62. The number of nitrogens with two attached hydrogens (primary N) is 1. The molecule has 132 valence electrons. The van der Waals surface area contributed by atoms with Crippen molar-refractivity contribution in [1.29, 1.82) is 0 Å². The third-order valence-corrected chi connectivity index (χ3v) is 6.39. The van der Waals surface area contributed by atoms with Crippen molar-refractivity contribution in [3.8, 4) is 0 Å². The minimum atomic E-state index is -0.529. The van der Waals surface area contributed by atoms with Crippen LogP contribution in [0.1, 0.15) is 48.9 Å². The van der Waals surface area contributed by atoms with E-state index in [9.17, 15) is 9.59 Å². The molecule has 0 atom stereocenters. The van der Waals surface area contributed by atoms with Crippen LogP contribution in [0.2, 0.25) is 0 Å². The van der Waals surface area contributed by atoms with Gasteiger partial charge < -0.3 is 16.4 Å². The number of benzene rings is 1. The van der Waals surface area contributed by atoms with Gasteiger partial charge in [0.05, 0.1) is 16.7 Å². The summed E-state index contributed by atoms with van der Waals surface area (Å²) in [6, 6.07) is 6.89. The van der Waals surface area contributed by atoms with E-state index in [1.807, 2.05) is 0 Å². The van der Waals surface area contributed by atoms with Gasteiger partial charge in [0.1, 0.15) is 0 Å². The molecular formula is C19H23N3O2S. The van der Waals surface area contributed by atoms with Crippen molar-refractivity contribution in [2.24, 2.45) is 28.9 Å². The van der Waals surface area contributed by atoms with Gasteiger partial charge in [0, 0.05) is 0 Å². The molecule has 5 nitrogen and oxygen atoms in total. The molecule has 0 heterocycles. The van der Waals surface area contributed by atoms with E-state index in [2.05, 4.69) is 10.6 Å². The molecule has 4 aliphatic carbocycles. The zero-order chi connectivity index (χ0) is 17.6. The van der Waals surface area contributed by atoms with Crippen LogP contribution in [0.15, 0.2) is 24.3 Å². The van der Waals surface area contributed by atoms with Gasteiger partial charge in [0.15, 0.2) is 5.11 Å². The fraction of sp³-hybridized carbons (Fsp3) is 0.526. The molecule has 6 heteroatoms. The molecule has 1 aromatic carbocycles. The van der Waals surface area contributed by atoms with E-state index in [-0.39, 0.29) is 16.4 Å². The maximum atomic E-state index is 13.0. The minimum absolute atomic E-state index is 0.0423. The topological polar surface area (TPSA) is 84.2 Å². The fourth-order valence-electron chi connectivity index (χ4n) is 5.58. The van der Waals surface area contributed by atoms with Crippen molar-refractivity contribution in [3.63, 3.8) is 0 Å². The number of nitrogens with one attached hydrogen (secondary N) is 2. The van der Waals surface area contributed by atoms with Crippen LogP contribution in [0.5, 0.6) is 0 Å². The molecule has 0 unspecified atom stereocenters. The quantitative estimate of drug-likeness (QED) is 0.726. The summed E-state index contributed by atoms with van der Waals surface area (Å²) in [6.07, 6.45) is 6.85. The highest BCUT2D eigenvalue weighted by molar-refractivity contribution is 7.80. The van der Waals surface area contributed by atoms with Crippen LogP contribution in [-0.4, -0.2) is 16.9 Å². The maximum absolute atomic E-state index is 13.0. The van der Waals surface area contributed by atoms with E-state index in [0.29, 0.717) is 29.0 Å². The second-order valence-electron chi connectivity index (χ2n) is 8.02. The first-order chi connectivity index (χ1) is 11.9. The molecule has 0 spiro atoms. The number of para-hydroxylation sites is 1. The third-order valence-electron chi connectivity index (χ3n) is 6.19. The average molecular weight is 357 g/mol. The predicted octanol–water partition coefficient (Wildman–Crippen LogP) is 2.81. The van der Waals surface area contributed by atoms with Gasteiger partial charge in [-0.1, -0.05) is 12.1 Å². The van der Waals surface area contributed by atoms with E-state index in [0.717, 1.165) is 19.3 Å². The zero-order valence-corrected chi connectivity index (χ0v) is 14.9. The van der Waals surface area contributed by atoms with Crippen molar-refractivity contribution in [2.75, 3.05) is 5.32 Å². The van der Waals surface area contributed by atoms with Crippen LogP contribution >= 0.6 is 12.2 Å². The second kappa shape index (κ2) is 6.09. The first-order valence-electron chi connectivity index (χ1n) is 8.96. The monoisotopic (exact) mass is 357 g/mol. The lowest BCUT2D eigenvalue weighted by molar-refractivity contribution is -0.144. The molecule has 4 bridgehead atoms. The number of thiocarbonyl (C=S) groups is 1. The highest BCUT2D eigenvalue weighted by Crippen LogP contribution is 2.60. The van der Waals surface area contributed by atoms with Gasteiger partial charge in [-0.2, -0.15) is 0 Å². The molecule has 4 fully saturated rings. The Labute approximate surface area is 152 Å². The van der Waals surface area contributed by atoms with Crippen molar-refractivity contribution in [2.45, 2.75) is 38.5 Å². The SMILES string of the molecule is NC(=O)c1ccccc1NC(=S)NC(=O)C12CC3CC(CC(C3)C1)C2. The Kier molecular flexibility index (Phi) is 4.02. The van der Waals surface area contributed by atoms with Crippen molar-refractivity contribution in [1.82, 2.24) is 5.32 Å². The zero-order valence-electron chi connectivity index (χ0n) is 14.1. The van der Waals surface area contributed by atoms with Crippen LogP contribution in [0.25, 0.3) is 0 Å². The number of hydrogen-bond acceptors (Lipinski definition) is 3. The van der Waals surface area contributed by atoms with E-state index in [4.69, 9.17) is 18.0 Å². The van der Waals surface area contributed by atoms with E-state index in [1.54, 1.807) is 24.3 Å². The van der Waals surface area contributed by atoms with E-state index < -0.39 is 5.91 Å². The Morgan fingerprint density at radius 3 is 2.16 bits per heavy atom. The largest absolute Gasteiger partial charge is 0.366 e. The van der Waals surface area contributed by atoms with E-state index in [1.165, 1.54) is 19.3 Å². The standard InChI is InChI=1S/C19H23N3O2S/c20-16(23)14-3-1-2-4-15(14)21-18(25)22-17(24)19-8-11-5-12(9-19)7-13(6-11)10-19/h1-4,11-13H,5-10H2,(H2,20,23)(H2,21,22,24,25). The Bertz CT molecular complexity index is 711. The predicted molar refractivity (Wildman–Crippen MR) is 99.9 cm³/mol. The lowest BCUT2D eigenvalue weighted by atomic mass is 9.49. The lowest BCUT2D eigenvalue weighted by Gasteiger charge is -2.55. The molecule has 4 saturated carbocycles.